The quantitative estimate of drug-likeness (QED) is 0.488. The summed E-state index contributed by atoms with van der Waals surface area (Å²) in [6.07, 6.45) is 6.36. The van der Waals surface area contributed by atoms with E-state index in [0.29, 0.717) is 24.2 Å². The first-order chi connectivity index (χ1) is 14.0. The van der Waals surface area contributed by atoms with E-state index in [9.17, 15) is 14.7 Å². The standard InChI is InChI=1S/C23H24N2O4/c1-3-29-22(28)15-4-7-18(8-5-15)23-10-17(12-26)20(27)14(2)19(23)9-6-16-11-24-13-25-21(16)23/h4-5,7-8,11-14,19,26H,3,6,9-10H2,1-2H3/b17-12-/t14-,19-,23+/m0/s1. The molecule has 0 aliphatic heterocycles. The molecule has 4 rings (SSSR count). The molecule has 0 bridgehead atoms. The minimum Gasteiger partial charge on any atom is -0.515 e. The van der Waals surface area contributed by atoms with Crippen LogP contribution < -0.4 is 0 Å². The first kappa shape index (κ1) is 19.3. The fourth-order valence-electron chi connectivity index (χ4n) is 5.11. The lowest BCUT2D eigenvalue weighted by molar-refractivity contribution is -0.123. The zero-order valence-corrected chi connectivity index (χ0v) is 16.6. The number of aromatic nitrogens is 2. The molecule has 29 heavy (non-hydrogen) atoms. The summed E-state index contributed by atoms with van der Waals surface area (Å²) in [7, 11) is 0. The van der Waals surface area contributed by atoms with Crippen LogP contribution in [0.3, 0.4) is 0 Å². The number of allylic oxidation sites excluding steroid dienone is 1. The van der Waals surface area contributed by atoms with Crippen LogP contribution in [0.5, 0.6) is 0 Å². The predicted molar refractivity (Wildman–Crippen MR) is 107 cm³/mol. The Kier molecular flexibility index (Phi) is 4.94. The van der Waals surface area contributed by atoms with E-state index in [0.717, 1.165) is 35.9 Å². The average molecular weight is 392 g/mol. The maximum atomic E-state index is 12.8. The van der Waals surface area contributed by atoms with Crippen LogP contribution >= 0.6 is 0 Å². The summed E-state index contributed by atoms with van der Waals surface area (Å²) in [6, 6.07) is 7.37. The fraction of sp³-hybridized carbons (Fsp3) is 0.391. The van der Waals surface area contributed by atoms with Crippen molar-refractivity contribution in [2.75, 3.05) is 6.61 Å². The number of ether oxygens (including phenoxy) is 1. The number of hydrogen-bond acceptors (Lipinski definition) is 6. The Bertz CT molecular complexity index is 983. The Labute approximate surface area is 169 Å². The normalized spacial score (nSPS) is 27.2. The van der Waals surface area contributed by atoms with Gasteiger partial charge in [0, 0.05) is 23.1 Å². The smallest absolute Gasteiger partial charge is 0.338 e. The van der Waals surface area contributed by atoms with Gasteiger partial charge in [0.2, 0.25) is 0 Å². The van der Waals surface area contributed by atoms with Crippen molar-refractivity contribution in [2.24, 2.45) is 11.8 Å². The number of nitrogens with zero attached hydrogens (tertiary/aromatic N) is 2. The molecule has 0 unspecified atom stereocenters. The highest BCUT2D eigenvalue weighted by atomic mass is 16.5. The molecule has 150 valence electrons. The molecule has 3 atom stereocenters. The van der Waals surface area contributed by atoms with Crippen LogP contribution in [0.4, 0.5) is 0 Å². The van der Waals surface area contributed by atoms with Crippen LogP contribution in [0, 0.1) is 11.8 Å². The number of carbonyl (C=O) groups is 2. The molecule has 2 aliphatic carbocycles. The van der Waals surface area contributed by atoms with Crippen LogP contribution in [0.15, 0.2) is 48.6 Å². The van der Waals surface area contributed by atoms with Crippen LogP contribution in [-0.2, 0) is 21.4 Å². The highest BCUT2D eigenvalue weighted by molar-refractivity contribution is 5.98. The summed E-state index contributed by atoms with van der Waals surface area (Å²) >= 11 is 0. The van der Waals surface area contributed by atoms with Crippen molar-refractivity contribution in [3.05, 3.63) is 71.0 Å². The van der Waals surface area contributed by atoms with E-state index in [4.69, 9.17) is 4.74 Å². The van der Waals surface area contributed by atoms with E-state index < -0.39 is 5.41 Å². The Morgan fingerprint density at radius 1 is 1.34 bits per heavy atom. The van der Waals surface area contributed by atoms with Gasteiger partial charge in [0.05, 0.1) is 24.1 Å². The van der Waals surface area contributed by atoms with Gasteiger partial charge in [0.25, 0.3) is 0 Å². The van der Waals surface area contributed by atoms with Crippen molar-refractivity contribution in [2.45, 2.75) is 38.5 Å². The van der Waals surface area contributed by atoms with E-state index in [1.54, 1.807) is 25.4 Å². The molecular formula is C23H24N2O4. The number of aliphatic hydroxyl groups excluding tert-OH is 1. The minimum absolute atomic E-state index is 0.00576. The zero-order valence-electron chi connectivity index (χ0n) is 16.6. The molecule has 1 aromatic heterocycles. The van der Waals surface area contributed by atoms with Gasteiger partial charge in [-0.25, -0.2) is 14.8 Å². The van der Waals surface area contributed by atoms with Crippen molar-refractivity contribution >= 4 is 11.8 Å². The molecule has 1 saturated carbocycles. The third kappa shape index (κ3) is 2.94. The molecule has 1 heterocycles. The lowest BCUT2D eigenvalue weighted by atomic mass is 9.52. The molecule has 1 fully saturated rings. The Hall–Kier alpha value is -3.02. The van der Waals surface area contributed by atoms with Gasteiger partial charge in [-0.3, -0.25) is 4.79 Å². The van der Waals surface area contributed by atoms with E-state index in [2.05, 4.69) is 9.97 Å². The van der Waals surface area contributed by atoms with Crippen LogP contribution in [0.2, 0.25) is 0 Å². The van der Waals surface area contributed by atoms with Crippen molar-refractivity contribution in [1.82, 2.24) is 9.97 Å². The predicted octanol–water partition coefficient (Wildman–Crippen LogP) is 3.55. The SMILES string of the molecule is CCOC(=O)c1ccc([C@]23C/C(=C/O)C(=O)[C@@H](C)[C@@H]2CCc2cncnc23)cc1. The fourth-order valence-corrected chi connectivity index (χ4v) is 5.11. The summed E-state index contributed by atoms with van der Waals surface area (Å²) in [4.78, 5) is 33.7. The number of esters is 1. The van der Waals surface area contributed by atoms with Crippen LogP contribution in [-0.4, -0.2) is 33.4 Å². The lowest BCUT2D eigenvalue weighted by Crippen LogP contribution is -2.50. The number of benzene rings is 1. The van der Waals surface area contributed by atoms with Gasteiger partial charge < -0.3 is 9.84 Å². The number of ketones is 1. The molecule has 6 nitrogen and oxygen atoms in total. The van der Waals surface area contributed by atoms with Gasteiger partial charge >= 0.3 is 5.97 Å². The molecule has 0 radical (unpaired) electrons. The summed E-state index contributed by atoms with van der Waals surface area (Å²) in [5, 5.41) is 9.78. The first-order valence-corrected chi connectivity index (χ1v) is 9.97. The minimum atomic E-state index is -0.550. The summed E-state index contributed by atoms with van der Waals surface area (Å²) < 4.78 is 5.09. The summed E-state index contributed by atoms with van der Waals surface area (Å²) in [5.41, 5.74) is 3.30. The number of aryl methyl sites for hydroxylation is 1. The second kappa shape index (κ2) is 7.43. The highest BCUT2D eigenvalue weighted by Crippen LogP contribution is 2.55. The average Bonchev–Trinajstić information content (AvgIpc) is 2.76. The van der Waals surface area contributed by atoms with Gasteiger partial charge in [0.15, 0.2) is 5.78 Å². The largest absolute Gasteiger partial charge is 0.515 e. The van der Waals surface area contributed by atoms with Gasteiger partial charge in [-0.1, -0.05) is 19.1 Å². The number of hydrogen-bond donors (Lipinski definition) is 1. The Morgan fingerprint density at radius 3 is 2.79 bits per heavy atom. The summed E-state index contributed by atoms with van der Waals surface area (Å²) in [5.74, 6) is -0.555. The van der Waals surface area contributed by atoms with Crippen LogP contribution in [0.25, 0.3) is 0 Å². The molecule has 0 saturated heterocycles. The second-order valence-corrected chi connectivity index (χ2v) is 7.79. The Morgan fingerprint density at radius 2 is 2.10 bits per heavy atom. The second-order valence-electron chi connectivity index (χ2n) is 7.79. The monoisotopic (exact) mass is 392 g/mol. The van der Waals surface area contributed by atoms with Gasteiger partial charge in [-0.15, -0.1) is 0 Å². The number of fused-ring (bicyclic) bond motifs is 3. The molecule has 0 amide bonds. The van der Waals surface area contributed by atoms with Crippen molar-refractivity contribution in [1.29, 1.82) is 0 Å². The molecule has 2 aliphatic rings. The van der Waals surface area contributed by atoms with Crippen molar-refractivity contribution in [3.63, 3.8) is 0 Å². The molecule has 0 spiro atoms. The highest BCUT2D eigenvalue weighted by Gasteiger charge is 2.54. The number of Topliss-reactive ketones (excluding diaryl/α,β-unsaturated/α-hetero) is 1. The number of rotatable bonds is 3. The molecule has 2 aromatic rings. The number of carbonyl (C=O) groups excluding carboxylic acids is 2. The van der Waals surface area contributed by atoms with E-state index in [1.807, 2.05) is 25.3 Å². The maximum absolute atomic E-state index is 12.8. The molecular weight excluding hydrogens is 368 g/mol. The molecule has 6 heteroatoms. The topological polar surface area (TPSA) is 89.4 Å². The Balaban J connectivity index is 1.89. The third-order valence-electron chi connectivity index (χ3n) is 6.44. The van der Waals surface area contributed by atoms with Crippen molar-refractivity contribution in [3.8, 4) is 0 Å². The first-order valence-electron chi connectivity index (χ1n) is 9.97. The van der Waals surface area contributed by atoms with E-state index in [1.165, 1.54) is 0 Å². The van der Waals surface area contributed by atoms with Gasteiger partial charge in [-0.05, 0) is 55.4 Å². The van der Waals surface area contributed by atoms with Crippen LogP contribution in [0.1, 0.15) is 53.9 Å². The number of aliphatic hydroxyl groups is 1. The lowest BCUT2D eigenvalue weighted by Gasteiger charge is -2.50. The van der Waals surface area contributed by atoms with Gasteiger partial charge in [0.1, 0.15) is 6.33 Å². The van der Waals surface area contributed by atoms with E-state index in [-0.39, 0.29) is 23.6 Å². The molecule has 1 aromatic carbocycles. The van der Waals surface area contributed by atoms with Crippen molar-refractivity contribution < 1.29 is 19.4 Å². The summed E-state index contributed by atoms with van der Waals surface area (Å²) in [6.45, 7) is 4.03. The van der Waals surface area contributed by atoms with Gasteiger partial charge in [-0.2, -0.15) is 0 Å². The molecule has 1 N–H and O–H groups in total. The maximum Gasteiger partial charge on any atom is 0.338 e. The third-order valence-corrected chi connectivity index (χ3v) is 6.44. The zero-order chi connectivity index (χ0) is 20.6. The van der Waals surface area contributed by atoms with E-state index >= 15 is 0 Å².